The van der Waals surface area contributed by atoms with Crippen LogP contribution in [-0.4, -0.2) is 6.21 Å². The van der Waals surface area contributed by atoms with Crippen molar-refractivity contribution >= 4 is 6.21 Å². The van der Waals surface area contributed by atoms with E-state index in [4.69, 9.17) is 0 Å². The number of rotatable bonds is 2. The number of allylic oxidation sites excluding steroid dienone is 1. The molecule has 0 spiro atoms. The topological polar surface area (TPSA) is 12.4 Å². The fourth-order valence-corrected chi connectivity index (χ4v) is 0.341. The van der Waals surface area contributed by atoms with Crippen molar-refractivity contribution in [2.75, 3.05) is 0 Å². The van der Waals surface area contributed by atoms with Crippen LogP contribution in [-0.2, 0) is 0 Å². The Labute approximate surface area is 71.2 Å². The summed E-state index contributed by atoms with van der Waals surface area (Å²) >= 11 is 0. The first-order chi connectivity index (χ1) is 5.18. The first-order valence-electron chi connectivity index (χ1n) is 4.33. The van der Waals surface area contributed by atoms with Gasteiger partial charge in [-0.05, 0) is 19.8 Å². The smallest absolute Gasteiger partial charge is 0.0255 e. The molecule has 0 aliphatic carbocycles. The van der Waals surface area contributed by atoms with Gasteiger partial charge in [0, 0.05) is 12.4 Å². The zero-order valence-corrected chi connectivity index (χ0v) is 8.68. The zero-order valence-electron chi connectivity index (χ0n) is 8.68. The van der Waals surface area contributed by atoms with E-state index in [1.54, 1.807) is 6.21 Å². The summed E-state index contributed by atoms with van der Waals surface area (Å²) in [5, 5.41) is 0. The SMILES string of the molecule is CC.CC=N/C=C(\C)C(C)C. The molecule has 0 saturated heterocycles. The molecule has 0 aliphatic rings. The fraction of sp³-hybridized carbons (Fsp3) is 0.700. The van der Waals surface area contributed by atoms with E-state index in [2.05, 4.69) is 25.8 Å². The predicted octanol–water partition coefficient (Wildman–Crippen LogP) is 3.66. The van der Waals surface area contributed by atoms with Gasteiger partial charge in [-0.2, -0.15) is 0 Å². The molecule has 0 aromatic rings. The summed E-state index contributed by atoms with van der Waals surface area (Å²) < 4.78 is 0. The highest BCUT2D eigenvalue weighted by atomic mass is 14.7. The van der Waals surface area contributed by atoms with Gasteiger partial charge in [0.1, 0.15) is 0 Å². The highest BCUT2D eigenvalue weighted by Crippen LogP contribution is 2.06. The Morgan fingerprint density at radius 2 is 1.73 bits per heavy atom. The lowest BCUT2D eigenvalue weighted by Gasteiger charge is -2.00. The molecule has 0 fully saturated rings. The Morgan fingerprint density at radius 1 is 1.27 bits per heavy atom. The molecule has 66 valence electrons. The van der Waals surface area contributed by atoms with Crippen molar-refractivity contribution in [3.63, 3.8) is 0 Å². The third-order valence-electron chi connectivity index (χ3n) is 1.34. The molecule has 11 heavy (non-hydrogen) atoms. The molecule has 0 aromatic carbocycles. The maximum absolute atomic E-state index is 4.01. The van der Waals surface area contributed by atoms with Crippen LogP contribution in [0.1, 0.15) is 41.5 Å². The minimum absolute atomic E-state index is 0.619. The molecule has 0 heterocycles. The van der Waals surface area contributed by atoms with Gasteiger partial charge in [-0.1, -0.05) is 33.3 Å². The largest absolute Gasteiger partial charge is 0.269 e. The fourth-order valence-electron chi connectivity index (χ4n) is 0.341. The average molecular weight is 155 g/mol. The van der Waals surface area contributed by atoms with Crippen molar-refractivity contribution in [1.82, 2.24) is 0 Å². The highest BCUT2D eigenvalue weighted by Gasteiger charge is 1.92. The van der Waals surface area contributed by atoms with E-state index < -0.39 is 0 Å². The standard InChI is InChI=1S/C8H15N.C2H6/c1-5-9-6-8(4)7(2)3;1-2/h5-7H,1-4H3;1-2H3/b8-6+,9-5?;. The van der Waals surface area contributed by atoms with Crippen LogP contribution in [0, 0.1) is 5.92 Å². The second-order valence-corrected chi connectivity index (χ2v) is 2.44. The summed E-state index contributed by atoms with van der Waals surface area (Å²) in [6.45, 7) is 12.3. The summed E-state index contributed by atoms with van der Waals surface area (Å²) in [6, 6.07) is 0. The van der Waals surface area contributed by atoms with Crippen molar-refractivity contribution in [3.05, 3.63) is 11.8 Å². The Morgan fingerprint density at radius 3 is 2.00 bits per heavy atom. The van der Waals surface area contributed by atoms with Gasteiger partial charge < -0.3 is 0 Å². The highest BCUT2D eigenvalue weighted by molar-refractivity contribution is 5.54. The van der Waals surface area contributed by atoms with E-state index in [9.17, 15) is 0 Å². The van der Waals surface area contributed by atoms with E-state index in [0.717, 1.165) is 0 Å². The van der Waals surface area contributed by atoms with E-state index >= 15 is 0 Å². The Balaban J connectivity index is 0. The van der Waals surface area contributed by atoms with Gasteiger partial charge in [-0.3, -0.25) is 4.99 Å². The molecular weight excluding hydrogens is 134 g/mol. The lowest BCUT2D eigenvalue weighted by molar-refractivity contribution is 0.766. The van der Waals surface area contributed by atoms with Gasteiger partial charge >= 0.3 is 0 Å². The van der Waals surface area contributed by atoms with Crippen LogP contribution in [0.2, 0.25) is 0 Å². The van der Waals surface area contributed by atoms with E-state index in [1.807, 2.05) is 27.0 Å². The van der Waals surface area contributed by atoms with Crippen LogP contribution in [0.3, 0.4) is 0 Å². The third-order valence-corrected chi connectivity index (χ3v) is 1.34. The Hall–Kier alpha value is -0.590. The van der Waals surface area contributed by atoms with Crippen LogP contribution in [0.25, 0.3) is 0 Å². The summed E-state index contributed by atoms with van der Waals surface area (Å²) in [7, 11) is 0. The first kappa shape index (κ1) is 13.0. The lowest BCUT2D eigenvalue weighted by atomic mass is 10.1. The van der Waals surface area contributed by atoms with Crippen LogP contribution < -0.4 is 0 Å². The Kier molecular flexibility index (Phi) is 11.1. The summed E-state index contributed by atoms with van der Waals surface area (Å²) in [4.78, 5) is 4.01. The number of hydrogen-bond donors (Lipinski definition) is 0. The van der Waals surface area contributed by atoms with Crippen LogP contribution >= 0.6 is 0 Å². The van der Waals surface area contributed by atoms with Crippen molar-refractivity contribution in [2.24, 2.45) is 10.9 Å². The van der Waals surface area contributed by atoms with Gasteiger partial charge in [0.2, 0.25) is 0 Å². The number of hydrogen-bond acceptors (Lipinski definition) is 1. The molecular formula is C10H21N. The molecule has 0 amide bonds. The molecule has 1 heteroatoms. The predicted molar refractivity (Wildman–Crippen MR) is 54.1 cm³/mol. The van der Waals surface area contributed by atoms with Crippen molar-refractivity contribution in [3.8, 4) is 0 Å². The van der Waals surface area contributed by atoms with Crippen molar-refractivity contribution in [2.45, 2.75) is 41.5 Å². The lowest BCUT2D eigenvalue weighted by Crippen LogP contribution is -1.86. The van der Waals surface area contributed by atoms with Gasteiger partial charge in [0.05, 0.1) is 0 Å². The summed E-state index contributed by atoms with van der Waals surface area (Å²) in [6.07, 6.45) is 3.70. The van der Waals surface area contributed by atoms with Crippen molar-refractivity contribution < 1.29 is 0 Å². The third kappa shape index (κ3) is 9.41. The molecule has 1 nitrogen and oxygen atoms in total. The maximum Gasteiger partial charge on any atom is 0.0255 e. The minimum Gasteiger partial charge on any atom is -0.269 e. The maximum atomic E-state index is 4.01. The van der Waals surface area contributed by atoms with Gasteiger partial charge in [-0.15, -0.1) is 0 Å². The van der Waals surface area contributed by atoms with E-state index in [0.29, 0.717) is 5.92 Å². The Bertz CT molecular complexity index is 121. The monoisotopic (exact) mass is 155 g/mol. The van der Waals surface area contributed by atoms with Crippen molar-refractivity contribution in [1.29, 1.82) is 0 Å². The molecule has 0 saturated carbocycles. The molecule has 0 radical (unpaired) electrons. The van der Waals surface area contributed by atoms with E-state index in [-0.39, 0.29) is 0 Å². The number of aliphatic imine (C=N–C) groups is 1. The summed E-state index contributed by atoms with van der Waals surface area (Å²) in [5.41, 5.74) is 1.33. The van der Waals surface area contributed by atoms with Crippen LogP contribution in [0.15, 0.2) is 16.8 Å². The molecule has 0 bridgehead atoms. The molecule has 0 rings (SSSR count). The van der Waals surface area contributed by atoms with E-state index in [1.165, 1.54) is 5.57 Å². The molecule has 0 aliphatic heterocycles. The second kappa shape index (κ2) is 9.41. The summed E-state index contributed by atoms with van der Waals surface area (Å²) in [5.74, 6) is 0.619. The quantitative estimate of drug-likeness (QED) is 0.540. The van der Waals surface area contributed by atoms with Crippen LogP contribution in [0.4, 0.5) is 0 Å². The minimum atomic E-state index is 0.619. The first-order valence-corrected chi connectivity index (χ1v) is 4.33. The normalized spacial score (nSPS) is 11.7. The second-order valence-electron chi connectivity index (χ2n) is 2.44. The van der Waals surface area contributed by atoms with Gasteiger partial charge in [-0.25, -0.2) is 0 Å². The molecule has 0 atom stereocenters. The average Bonchev–Trinajstić information content (AvgIpc) is 2.03. The molecule has 0 unspecified atom stereocenters. The zero-order chi connectivity index (χ0) is 9.28. The van der Waals surface area contributed by atoms with Crippen LogP contribution in [0.5, 0.6) is 0 Å². The van der Waals surface area contributed by atoms with Gasteiger partial charge in [0.25, 0.3) is 0 Å². The molecule has 0 aromatic heterocycles. The molecule has 0 N–H and O–H groups in total. The number of nitrogens with zero attached hydrogens (tertiary/aromatic N) is 1. The van der Waals surface area contributed by atoms with Gasteiger partial charge in [0.15, 0.2) is 0 Å².